The summed E-state index contributed by atoms with van der Waals surface area (Å²) in [7, 11) is 0. The molecule has 1 amide bonds. The van der Waals surface area contributed by atoms with E-state index in [1.807, 2.05) is 26.8 Å². The van der Waals surface area contributed by atoms with E-state index in [-0.39, 0.29) is 37.0 Å². The Morgan fingerprint density at radius 3 is 2.60 bits per heavy atom. The molecule has 2 unspecified atom stereocenters. The third-order valence-corrected chi connectivity index (χ3v) is 4.45. The van der Waals surface area contributed by atoms with Gasteiger partial charge in [-0.05, 0) is 25.0 Å². The van der Waals surface area contributed by atoms with E-state index in [4.69, 9.17) is 0 Å². The number of nitrogens with one attached hydrogen (secondary N) is 1. The van der Waals surface area contributed by atoms with Gasteiger partial charge in [0.15, 0.2) is 5.78 Å². The van der Waals surface area contributed by atoms with E-state index >= 15 is 0 Å². The van der Waals surface area contributed by atoms with E-state index in [9.17, 15) is 14.7 Å². The highest BCUT2D eigenvalue weighted by atomic mass is 32.1. The number of aryl methyl sites for hydroxylation is 1. The molecule has 0 bridgehead atoms. The van der Waals surface area contributed by atoms with Crippen molar-refractivity contribution in [1.29, 1.82) is 0 Å². The highest BCUT2D eigenvalue weighted by Gasteiger charge is 2.14. The van der Waals surface area contributed by atoms with E-state index in [1.165, 1.54) is 11.3 Å². The molecule has 0 fully saturated rings. The third-order valence-electron chi connectivity index (χ3n) is 3.40. The largest absolute Gasteiger partial charge is 0.391 e. The molecule has 0 aromatic carbocycles. The molecule has 0 spiro atoms. The van der Waals surface area contributed by atoms with Crippen molar-refractivity contribution in [1.82, 2.24) is 5.32 Å². The Labute approximate surface area is 124 Å². The summed E-state index contributed by atoms with van der Waals surface area (Å²) in [5.74, 6) is -0.0271. The van der Waals surface area contributed by atoms with Crippen molar-refractivity contribution in [3.63, 3.8) is 0 Å². The number of amides is 1. The van der Waals surface area contributed by atoms with Crippen molar-refractivity contribution in [2.45, 2.75) is 46.1 Å². The molecular formula is C15H23NO3S. The van der Waals surface area contributed by atoms with Crippen LogP contribution >= 0.6 is 11.3 Å². The fourth-order valence-corrected chi connectivity index (χ4v) is 2.55. The Balaban J connectivity index is 2.28. The summed E-state index contributed by atoms with van der Waals surface area (Å²) in [4.78, 5) is 25.3. The van der Waals surface area contributed by atoms with Gasteiger partial charge in [0.25, 0.3) is 0 Å². The van der Waals surface area contributed by atoms with E-state index in [1.54, 1.807) is 6.07 Å². The second-order valence-electron chi connectivity index (χ2n) is 5.09. The third kappa shape index (κ3) is 5.43. The molecule has 0 aliphatic rings. The fourth-order valence-electron chi connectivity index (χ4n) is 1.71. The molecule has 0 radical (unpaired) electrons. The first kappa shape index (κ1) is 16.9. The van der Waals surface area contributed by atoms with Gasteiger partial charge >= 0.3 is 0 Å². The maximum absolute atomic E-state index is 11.8. The van der Waals surface area contributed by atoms with Gasteiger partial charge in [0, 0.05) is 24.3 Å². The molecular weight excluding hydrogens is 274 g/mol. The van der Waals surface area contributed by atoms with Gasteiger partial charge in [0.1, 0.15) is 0 Å². The Hall–Kier alpha value is -1.20. The fraction of sp³-hybridized carbons (Fsp3) is 0.600. The Kier molecular flexibility index (Phi) is 6.88. The van der Waals surface area contributed by atoms with Gasteiger partial charge in [-0.25, -0.2) is 0 Å². The number of carbonyl (C=O) groups is 2. The molecule has 5 heteroatoms. The molecule has 4 nitrogen and oxygen atoms in total. The maximum Gasteiger partial charge on any atom is 0.220 e. The van der Waals surface area contributed by atoms with Crippen molar-refractivity contribution in [3.8, 4) is 0 Å². The monoisotopic (exact) mass is 297 g/mol. The van der Waals surface area contributed by atoms with Gasteiger partial charge < -0.3 is 10.4 Å². The summed E-state index contributed by atoms with van der Waals surface area (Å²) in [6.45, 7) is 6.14. The number of hydrogen-bond acceptors (Lipinski definition) is 4. The molecule has 112 valence electrons. The summed E-state index contributed by atoms with van der Waals surface area (Å²) in [5.41, 5.74) is 0. The van der Waals surface area contributed by atoms with E-state index in [0.29, 0.717) is 4.88 Å². The lowest BCUT2D eigenvalue weighted by Crippen LogP contribution is -2.35. The highest BCUT2D eigenvalue weighted by Crippen LogP contribution is 2.17. The van der Waals surface area contributed by atoms with Crippen LogP contribution in [0.5, 0.6) is 0 Å². The van der Waals surface area contributed by atoms with Crippen LogP contribution in [0.1, 0.15) is 47.7 Å². The average Bonchev–Trinajstić information content (AvgIpc) is 2.87. The smallest absolute Gasteiger partial charge is 0.220 e. The van der Waals surface area contributed by atoms with Gasteiger partial charge in [-0.3, -0.25) is 9.59 Å². The first-order valence-electron chi connectivity index (χ1n) is 6.98. The van der Waals surface area contributed by atoms with Crippen molar-refractivity contribution < 1.29 is 14.7 Å². The lowest BCUT2D eigenvalue weighted by Gasteiger charge is -2.17. The Morgan fingerprint density at radius 2 is 2.05 bits per heavy atom. The minimum Gasteiger partial charge on any atom is -0.391 e. The van der Waals surface area contributed by atoms with Crippen LogP contribution in [0.15, 0.2) is 12.1 Å². The lowest BCUT2D eigenvalue weighted by molar-refractivity contribution is -0.121. The highest BCUT2D eigenvalue weighted by molar-refractivity contribution is 7.14. The molecule has 1 rings (SSSR count). The first-order chi connectivity index (χ1) is 9.43. The zero-order chi connectivity index (χ0) is 15.1. The average molecular weight is 297 g/mol. The number of rotatable bonds is 8. The van der Waals surface area contributed by atoms with Gasteiger partial charge in [0.2, 0.25) is 5.91 Å². The maximum atomic E-state index is 11.8. The predicted octanol–water partition coefficient (Wildman–Crippen LogP) is 2.54. The minimum absolute atomic E-state index is 0.000671. The Morgan fingerprint density at radius 1 is 1.35 bits per heavy atom. The Bertz CT molecular complexity index is 456. The normalized spacial score (nSPS) is 13.8. The van der Waals surface area contributed by atoms with E-state index in [2.05, 4.69) is 5.32 Å². The summed E-state index contributed by atoms with van der Waals surface area (Å²) in [5, 5.41) is 12.4. The van der Waals surface area contributed by atoms with Crippen LogP contribution in [-0.4, -0.2) is 29.4 Å². The second kappa shape index (κ2) is 8.17. The number of aliphatic hydroxyl groups excluding tert-OH is 1. The molecule has 1 aromatic rings. The SMILES string of the molecule is CCC(C)C(O)CNC(=O)CCC(=O)c1ccc(C)s1. The lowest BCUT2D eigenvalue weighted by atomic mass is 10.0. The molecule has 2 N–H and O–H groups in total. The van der Waals surface area contributed by atoms with Crippen LogP contribution in [0.3, 0.4) is 0 Å². The van der Waals surface area contributed by atoms with Gasteiger partial charge in [-0.2, -0.15) is 0 Å². The number of Topliss-reactive ketones (excluding diaryl/α,β-unsaturated/α-hetero) is 1. The molecule has 0 saturated carbocycles. The quantitative estimate of drug-likeness (QED) is 0.725. The molecule has 20 heavy (non-hydrogen) atoms. The molecule has 2 atom stereocenters. The summed E-state index contributed by atoms with van der Waals surface area (Å²) < 4.78 is 0. The topological polar surface area (TPSA) is 66.4 Å². The minimum atomic E-state index is -0.528. The van der Waals surface area contributed by atoms with Crippen LogP contribution in [0.25, 0.3) is 0 Å². The second-order valence-corrected chi connectivity index (χ2v) is 6.38. The van der Waals surface area contributed by atoms with Crippen molar-refractivity contribution in [2.24, 2.45) is 5.92 Å². The van der Waals surface area contributed by atoms with Crippen LogP contribution in [0.4, 0.5) is 0 Å². The first-order valence-corrected chi connectivity index (χ1v) is 7.80. The van der Waals surface area contributed by atoms with E-state index < -0.39 is 6.10 Å². The van der Waals surface area contributed by atoms with Gasteiger partial charge in [-0.1, -0.05) is 20.3 Å². The van der Waals surface area contributed by atoms with Crippen molar-refractivity contribution in [3.05, 3.63) is 21.9 Å². The summed E-state index contributed by atoms with van der Waals surface area (Å²) in [6, 6.07) is 3.70. The number of hydrogen-bond donors (Lipinski definition) is 2. The molecule has 0 aliphatic carbocycles. The number of carbonyl (C=O) groups excluding carboxylic acids is 2. The zero-order valence-electron chi connectivity index (χ0n) is 12.3. The van der Waals surface area contributed by atoms with Crippen molar-refractivity contribution in [2.75, 3.05) is 6.54 Å². The molecule has 0 saturated heterocycles. The van der Waals surface area contributed by atoms with Gasteiger partial charge in [-0.15, -0.1) is 11.3 Å². The molecule has 1 aromatic heterocycles. The number of ketones is 1. The van der Waals surface area contributed by atoms with Gasteiger partial charge in [0.05, 0.1) is 11.0 Å². The number of thiophene rings is 1. The summed E-state index contributed by atoms with van der Waals surface area (Å²) >= 11 is 1.45. The van der Waals surface area contributed by atoms with Crippen molar-refractivity contribution >= 4 is 23.0 Å². The predicted molar refractivity (Wildman–Crippen MR) is 81.1 cm³/mol. The number of aliphatic hydroxyl groups is 1. The van der Waals surface area contributed by atoms with E-state index in [0.717, 1.165) is 11.3 Å². The molecule has 1 heterocycles. The van der Waals surface area contributed by atoms with Crippen LogP contribution in [0, 0.1) is 12.8 Å². The van der Waals surface area contributed by atoms with Crippen LogP contribution in [0.2, 0.25) is 0 Å². The summed E-state index contributed by atoms with van der Waals surface area (Å²) in [6.07, 6.45) is 0.723. The van der Waals surface area contributed by atoms with Crippen LogP contribution < -0.4 is 5.32 Å². The molecule has 0 aliphatic heterocycles. The van der Waals surface area contributed by atoms with Crippen LogP contribution in [-0.2, 0) is 4.79 Å². The zero-order valence-corrected chi connectivity index (χ0v) is 13.1. The standard InChI is InChI=1S/C15H23NO3S/c1-4-10(2)13(18)9-16-15(19)8-6-12(17)14-7-5-11(3)20-14/h5,7,10,13,18H,4,6,8-9H2,1-3H3,(H,16,19).